The van der Waals surface area contributed by atoms with Gasteiger partial charge in [0, 0.05) is 11.8 Å². The molecule has 1 heterocycles. The molecule has 0 amide bonds. The van der Waals surface area contributed by atoms with E-state index in [0.29, 0.717) is 24.2 Å². The van der Waals surface area contributed by atoms with E-state index in [-0.39, 0.29) is 6.29 Å². The van der Waals surface area contributed by atoms with E-state index in [1.807, 2.05) is 0 Å². The summed E-state index contributed by atoms with van der Waals surface area (Å²) in [5, 5.41) is 0. The Labute approximate surface area is 200 Å². The van der Waals surface area contributed by atoms with Gasteiger partial charge >= 0.3 is 0 Å². The zero-order valence-electron chi connectivity index (χ0n) is 20.7. The second-order valence-corrected chi connectivity index (χ2v) is 11.5. The van der Waals surface area contributed by atoms with Crippen LogP contribution in [0.3, 0.4) is 0 Å². The Kier molecular flexibility index (Phi) is 9.85. The molecule has 0 radical (unpaired) electrons. The van der Waals surface area contributed by atoms with Gasteiger partial charge in [-0.1, -0.05) is 25.0 Å². The number of rotatable bonds is 7. The van der Waals surface area contributed by atoms with E-state index in [4.69, 9.17) is 9.47 Å². The smallest absolute Gasteiger partial charge is 0.266 e. The van der Waals surface area contributed by atoms with Gasteiger partial charge in [0.25, 0.3) is 6.08 Å². The summed E-state index contributed by atoms with van der Waals surface area (Å²) in [6.45, 7) is 3.69. The number of ether oxygens (including phenoxy) is 2. The maximum Gasteiger partial charge on any atom is 0.266 e. The minimum Gasteiger partial charge on any atom is -0.352 e. The van der Waals surface area contributed by atoms with Crippen molar-refractivity contribution in [2.45, 2.75) is 103 Å². The zero-order valence-corrected chi connectivity index (χ0v) is 20.7. The highest BCUT2D eigenvalue weighted by Crippen LogP contribution is 2.47. The number of hydrogen-bond donors (Lipinski definition) is 0. The van der Waals surface area contributed by atoms with Gasteiger partial charge in [-0.2, -0.15) is 8.78 Å². The van der Waals surface area contributed by atoms with E-state index in [2.05, 4.69) is 19.1 Å². The molecule has 0 spiro atoms. The zero-order chi connectivity index (χ0) is 23.0. The Morgan fingerprint density at radius 1 is 0.697 bits per heavy atom. The Bertz CT molecular complexity index is 612. The lowest BCUT2D eigenvalue weighted by Crippen LogP contribution is -2.39. The van der Waals surface area contributed by atoms with Crippen molar-refractivity contribution < 1.29 is 18.3 Å². The summed E-state index contributed by atoms with van der Waals surface area (Å²) in [6.07, 6.45) is 21.6. The molecule has 3 aliphatic carbocycles. The fraction of sp³-hybridized carbons (Fsp3) is 0.862. The average Bonchev–Trinajstić information content (AvgIpc) is 2.85. The van der Waals surface area contributed by atoms with Gasteiger partial charge in [-0.25, -0.2) is 0 Å². The van der Waals surface area contributed by atoms with Crippen LogP contribution in [-0.4, -0.2) is 19.5 Å². The molecule has 0 aromatic carbocycles. The summed E-state index contributed by atoms with van der Waals surface area (Å²) in [7, 11) is 0. The van der Waals surface area contributed by atoms with Crippen molar-refractivity contribution in [1.29, 1.82) is 0 Å². The minimum absolute atomic E-state index is 0.0327. The quantitative estimate of drug-likeness (QED) is 0.351. The van der Waals surface area contributed by atoms with Crippen molar-refractivity contribution in [3.63, 3.8) is 0 Å². The standard InChI is InChI=1S/C29H46F2O2/c1-2-4-22-19-32-29(33-20-22)27-17-15-26(16-18-27)25-13-11-24(12-14-25)23-9-7-21(8-10-23)5-3-6-28(30)31/h2,4,6,21-27,29H,3,5,7-20H2,1H3. The maximum atomic E-state index is 12.2. The lowest BCUT2D eigenvalue weighted by atomic mass is 9.65. The van der Waals surface area contributed by atoms with Crippen molar-refractivity contribution in [3.05, 3.63) is 24.3 Å². The van der Waals surface area contributed by atoms with Crippen LogP contribution in [0.15, 0.2) is 24.3 Å². The normalized spacial score (nSPS) is 40.6. The van der Waals surface area contributed by atoms with Gasteiger partial charge in [0.15, 0.2) is 6.29 Å². The largest absolute Gasteiger partial charge is 0.352 e. The molecule has 1 aliphatic heterocycles. The van der Waals surface area contributed by atoms with Crippen molar-refractivity contribution in [2.75, 3.05) is 13.2 Å². The molecule has 4 heteroatoms. The molecule has 0 bridgehead atoms. The Balaban J connectivity index is 1.11. The highest BCUT2D eigenvalue weighted by Gasteiger charge is 2.37. The molecule has 0 atom stereocenters. The molecule has 3 saturated carbocycles. The van der Waals surface area contributed by atoms with Crippen LogP contribution in [0.1, 0.15) is 96.8 Å². The third-order valence-corrected chi connectivity index (χ3v) is 9.53. The number of hydrogen-bond acceptors (Lipinski definition) is 2. The van der Waals surface area contributed by atoms with Crippen molar-refractivity contribution in [3.8, 4) is 0 Å². The molecule has 4 aliphatic rings. The molecule has 0 aromatic heterocycles. The second-order valence-electron chi connectivity index (χ2n) is 11.5. The van der Waals surface area contributed by atoms with Crippen LogP contribution in [0.2, 0.25) is 0 Å². The lowest BCUT2D eigenvalue weighted by Gasteiger charge is -2.42. The first kappa shape index (κ1) is 25.4. The molecule has 0 N–H and O–H groups in total. The van der Waals surface area contributed by atoms with E-state index in [9.17, 15) is 8.78 Å². The number of halogens is 2. The first-order valence-electron chi connectivity index (χ1n) is 14.0. The van der Waals surface area contributed by atoms with Crippen molar-refractivity contribution in [1.82, 2.24) is 0 Å². The summed E-state index contributed by atoms with van der Waals surface area (Å²) in [5.74, 6) is 5.38. The van der Waals surface area contributed by atoms with Gasteiger partial charge in [0.1, 0.15) is 0 Å². The molecular formula is C29H46F2O2. The van der Waals surface area contributed by atoms with E-state index < -0.39 is 6.08 Å². The summed E-state index contributed by atoms with van der Waals surface area (Å²) in [4.78, 5) is 0. The van der Waals surface area contributed by atoms with Crippen LogP contribution in [0, 0.1) is 41.4 Å². The Hall–Kier alpha value is -0.740. The molecule has 4 fully saturated rings. The van der Waals surface area contributed by atoms with Gasteiger partial charge in [-0.05, 0) is 120 Å². The summed E-state index contributed by atoms with van der Waals surface area (Å²) >= 11 is 0. The predicted octanol–water partition coefficient (Wildman–Crippen LogP) is 8.53. The molecule has 0 unspecified atom stereocenters. The molecular weight excluding hydrogens is 418 g/mol. The van der Waals surface area contributed by atoms with Crippen LogP contribution >= 0.6 is 0 Å². The summed E-state index contributed by atoms with van der Waals surface area (Å²) in [6, 6.07) is 0. The Morgan fingerprint density at radius 3 is 1.61 bits per heavy atom. The molecule has 0 aromatic rings. The van der Waals surface area contributed by atoms with Crippen LogP contribution in [0.25, 0.3) is 0 Å². The van der Waals surface area contributed by atoms with E-state index in [1.165, 1.54) is 77.0 Å². The second kappa shape index (κ2) is 12.8. The molecule has 4 rings (SSSR count). The molecule has 188 valence electrons. The van der Waals surface area contributed by atoms with Gasteiger partial charge in [-0.15, -0.1) is 0 Å². The van der Waals surface area contributed by atoms with Gasteiger partial charge in [0.05, 0.1) is 13.2 Å². The maximum absolute atomic E-state index is 12.2. The monoisotopic (exact) mass is 464 g/mol. The third-order valence-electron chi connectivity index (χ3n) is 9.53. The van der Waals surface area contributed by atoms with Crippen molar-refractivity contribution >= 4 is 0 Å². The van der Waals surface area contributed by atoms with Crippen LogP contribution in [0.5, 0.6) is 0 Å². The SMILES string of the molecule is CC=CC1COC(C2CCC(C3CCC(C4CCC(CCC=C(F)F)CC4)CC3)CC2)OC1. The topological polar surface area (TPSA) is 18.5 Å². The first-order valence-corrected chi connectivity index (χ1v) is 14.0. The molecule has 33 heavy (non-hydrogen) atoms. The van der Waals surface area contributed by atoms with Crippen LogP contribution < -0.4 is 0 Å². The summed E-state index contributed by atoms with van der Waals surface area (Å²) in [5.41, 5.74) is 0. The number of allylic oxidation sites excluding steroid dienone is 2. The van der Waals surface area contributed by atoms with Crippen LogP contribution in [-0.2, 0) is 9.47 Å². The van der Waals surface area contributed by atoms with E-state index in [0.717, 1.165) is 49.4 Å². The molecule has 1 saturated heterocycles. The molecule has 2 nitrogen and oxygen atoms in total. The van der Waals surface area contributed by atoms with Gasteiger partial charge in [-0.3, -0.25) is 0 Å². The fourth-order valence-electron chi connectivity index (χ4n) is 7.54. The van der Waals surface area contributed by atoms with E-state index in [1.54, 1.807) is 0 Å². The van der Waals surface area contributed by atoms with Crippen LogP contribution in [0.4, 0.5) is 8.78 Å². The Morgan fingerprint density at radius 2 is 1.15 bits per heavy atom. The lowest BCUT2D eigenvalue weighted by molar-refractivity contribution is -0.223. The predicted molar refractivity (Wildman–Crippen MR) is 130 cm³/mol. The summed E-state index contributed by atoms with van der Waals surface area (Å²) < 4.78 is 36.6. The highest BCUT2D eigenvalue weighted by molar-refractivity contribution is 4.89. The van der Waals surface area contributed by atoms with Crippen molar-refractivity contribution in [2.24, 2.45) is 41.4 Å². The van der Waals surface area contributed by atoms with Gasteiger partial charge in [0.2, 0.25) is 0 Å². The fourth-order valence-corrected chi connectivity index (χ4v) is 7.54. The van der Waals surface area contributed by atoms with Gasteiger partial charge < -0.3 is 9.47 Å². The third kappa shape index (κ3) is 7.37. The van der Waals surface area contributed by atoms with E-state index >= 15 is 0 Å². The highest BCUT2D eigenvalue weighted by atomic mass is 19.3. The minimum atomic E-state index is -1.51. The average molecular weight is 465 g/mol. The first-order chi connectivity index (χ1) is 16.1.